The third-order valence-electron chi connectivity index (χ3n) is 2.33. The first-order chi connectivity index (χ1) is 7.29. The molecule has 4 heteroatoms. The van der Waals surface area contributed by atoms with E-state index in [0.717, 1.165) is 17.7 Å². The fourth-order valence-electron chi connectivity index (χ4n) is 1.41. The van der Waals surface area contributed by atoms with E-state index in [0.29, 0.717) is 0 Å². The third-order valence-corrected chi connectivity index (χ3v) is 2.95. The minimum absolute atomic E-state index is 0.755. The van der Waals surface area contributed by atoms with E-state index in [-0.39, 0.29) is 0 Å². The SMILES string of the molecule is CCc1ccc(Cn2ncnc2Br)cc1. The summed E-state index contributed by atoms with van der Waals surface area (Å²) in [4.78, 5) is 4.02. The van der Waals surface area contributed by atoms with E-state index >= 15 is 0 Å². The number of nitrogens with zero attached hydrogens (tertiary/aromatic N) is 3. The summed E-state index contributed by atoms with van der Waals surface area (Å²) >= 11 is 3.34. The molecule has 1 aromatic carbocycles. The van der Waals surface area contributed by atoms with Gasteiger partial charge in [-0.05, 0) is 33.5 Å². The molecule has 0 bridgehead atoms. The van der Waals surface area contributed by atoms with E-state index in [1.807, 2.05) is 4.68 Å². The largest absolute Gasteiger partial charge is 0.236 e. The lowest BCUT2D eigenvalue weighted by Crippen LogP contribution is -2.01. The number of benzene rings is 1. The van der Waals surface area contributed by atoms with E-state index in [4.69, 9.17) is 0 Å². The van der Waals surface area contributed by atoms with Gasteiger partial charge >= 0.3 is 0 Å². The summed E-state index contributed by atoms with van der Waals surface area (Å²) in [6, 6.07) is 8.57. The van der Waals surface area contributed by atoms with Gasteiger partial charge in [0.15, 0.2) is 4.73 Å². The van der Waals surface area contributed by atoms with E-state index < -0.39 is 0 Å². The van der Waals surface area contributed by atoms with Gasteiger partial charge in [-0.3, -0.25) is 0 Å². The topological polar surface area (TPSA) is 30.7 Å². The zero-order chi connectivity index (χ0) is 10.7. The van der Waals surface area contributed by atoms with Crippen LogP contribution >= 0.6 is 15.9 Å². The fourth-order valence-corrected chi connectivity index (χ4v) is 1.72. The average Bonchev–Trinajstić information content (AvgIpc) is 2.66. The van der Waals surface area contributed by atoms with Crippen LogP contribution in [0.5, 0.6) is 0 Å². The first kappa shape index (κ1) is 10.4. The van der Waals surface area contributed by atoms with E-state index in [1.54, 1.807) is 6.33 Å². The Morgan fingerprint density at radius 2 is 1.87 bits per heavy atom. The van der Waals surface area contributed by atoms with Crippen LogP contribution < -0.4 is 0 Å². The van der Waals surface area contributed by atoms with Gasteiger partial charge in [0.1, 0.15) is 6.33 Å². The van der Waals surface area contributed by atoms with Crippen LogP contribution in [-0.4, -0.2) is 14.8 Å². The Bertz CT molecular complexity index is 433. The monoisotopic (exact) mass is 265 g/mol. The van der Waals surface area contributed by atoms with Crippen LogP contribution in [0.1, 0.15) is 18.1 Å². The second-order valence-corrected chi connectivity index (χ2v) is 4.07. The Morgan fingerprint density at radius 1 is 1.20 bits per heavy atom. The number of rotatable bonds is 3. The van der Waals surface area contributed by atoms with Gasteiger partial charge in [-0.1, -0.05) is 31.2 Å². The Labute approximate surface area is 97.3 Å². The summed E-state index contributed by atoms with van der Waals surface area (Å²) in [5.41, 5.74) is 2.59. The van der Waals surface area contributed by atoms with E-state index in [9.17, 15) is 0 Å². The van der Waals surface area contributed by atoms with Crippen molar-refractivity contribution in [3.05, 3.63) is 46.5 Å². The highest BCUT2D eigenvalue weighted by molar-refractivity contribution is 9.10. The second-order valence-electron chi connectivity index (χ2n) is 3.36. The molecule has 0 aliphatic rings. The molecule has 0 saturated carbocycles. The van der Waals surface area contributed by atoms with Crippen LogP contribution in [0, 0.1) is 0 Å². The summed E-state index contributed by atoms with van der Waals surface area (Å²) in [5.74, 6) is 0. The highest BCUT2D eigenvalue weighted by Crippen LogP contribution is 2.09. The van der Waals surface area contributed by atoms with Crippen molar-refractivity contribution in [2.24, 2.45) is 0 Å². The summed E-state index contributed by atoms with van der Waals surface area (Å²) < 4.78 is 2.59. The molecule has 0 spiro atoms. The minimum atomic E-state index is 0.755. The normalized spacial score (nSPS) is 10.5. The van der Waals surface area contributed by atoms with Gasteiger partial charge in [0.2, 0.25) is 0 Å². The molecule has 0 atom stereocenters. The number of halogens is 1. The predicted molar refractivity (Wildman–Crippen MR) is 62.6 cm³/mol. The van der Waals surface area contributed by atoms with Crippen LogP contribution in [0.4, 0.5) is 0 Å². The van der Waals surface area contributed by atoms with Gasteiger partial charge in [-0.2, -0.15) is 5.10 Å². The lowest BCUT2D eigenvalue weighted by Gasteiger charge is -2.03. The molecule has 0 radical (unpaired) electrons. The second kappa shape index (κ2) is 4.57. The maximum atomic E-state index is 4.11. The van der Waals surface area contributed by atoms with Crippen molar-refractivity contribution in [2.45, 2.75) is 19.9 Å². The van der Waals surface area contributed by atoms with Crippen LogP contribution in [-0.2, 0) is 13.0 Å². The third kappa shape index (κ3) is 2.45. The molecular formula is C11H12BrN3. The molecule has 0 amide bonds. The lowest BCUT2D eigenvalue weighted by molar-refractivity contribution is 0.668. The van der Waals surface area contributed by atoms with Gasteiger partial charge in [0.05, 0.1) is 6.54 Å². The maximum absolute atomic E-state index is 4.11. The number of hydrogen-bond acceptors (Lipinski definition) is 2. The zero-order valence-electron chi connectivity index (χ0n) is 8.52. The van der Waals surface area contributed by atoms with Gasteiger partial charge < -0.3 is 0 Å². The van der Waals surface area contributed by atoms with Crippen molar-refractivity contribution in [3.63, 3.8) is 0 Å². The first-order valence-corrected chi connectivity index (χ1v) is 5.70. The maximum Gasteiger partial charge on any atom is 0.195 e. The highest BCUT2D eigenvalue weighted by atomic mass is 79.9. The molecule has 0 unspecified atom stereocenters. The number of aryl methyl sites for hydroxylation is 1. The van der Waals surface area contributed by atoms with Crippen molar-refractivity contribution in [2.75, 3.05) is 0 Å². The molecule has 0 N–H and O–H groups in total. The van der Waals surface area contributed by atoms with Crippen molar-refractivity contribution >= 4 is 15.9 Å². The average molecular weight is 266 g/mol. The first-order valence-electron chi connectivity index (χ1n) is 4.90. The molecule has 2 rings (SSSR count). The van der Waals surface area contributed by atoms with Gasteiger partial charge in [0, 0.05) is 0 Å². The lowest BCUT2D eigenvalue weighted by atomic mass is 10.1. The molecular weight excluding hydrogens is 254 g/mol. The Hall–Kier alpha value is -1.16. The molecule has 3 nitrogen and oxygen atoms in total. The smallest absolute Gasteiger partial charge is 0.195 e. The van der Waals surface area contributed by atoms with Gasteiger partial charge in [-0.15, -0.1) is 0 Å². The van der Waals surface area contributed by atoms with Crippen LogP contribution in [0.15, 0.2) is 35.3 Å². The molecule has 0 saturated heterocycles. The standard InChI is InChI=1S/C11H12BrN3/c1-2-9-3-5-10(6-4-9)7-15-11(12)13-8-14-15/h3-6,8H,2,7H2,1H3. The molecule has 1 heterocycles. The van der Waals surface area contributed by atoms with Crippen molar-refractivity contribution in [1.29, 1.82) is 0 Å². The fraction of sp³-hybridized carbons (Fsp3) is 0.273. The van der Waals surface area contributed by atoms with Crippen molar-refractivity contribution in [1.82, 2.24) is 14.8 Å². The molecule has 78 valence electrons. The Balaban J connectivity index is 2.14. The zero-order valence-corrected chi connectivity index (χ0v) is 10.1. The van der Waals surface area contributed by atoms with Crippen molar-refractivity contribution in [3.8, 4) is 0 Å². The van der Waals surface area contributed by atoms with E-state index in [1.165, 1.54) is 11.1 Å². The summed E-state index contributed by atoms with van der Waals surface area (Å²) in [7, 11) is 0. The summed E-state index contributed by atoms with van der Waals surface area (Å²) in [5, 5.41) is 4.11. The molecule has 2 aromatic rings. The minimum Gasteiger partial charge on any atom is -0.236 e. The van der Waals surface area contributed by atoms with Crippen LogP contribution in [0.3, 0.4) is 0 Å². The van der Waals surface area contributed by atoms with Crippen LogP contribution in [0.2, 0.25) is 0 Å². The Morgan fingerprint density at radius 3 is 2.40 bits per heavy atom. The molecule has 15 heavy (non-hydrogen) atoms. The quantitative estimate of drug-likeness (QED) is 0.855. The van der Waals surface area contributed by atoms with Crippen molar-refractivity contribution < 1.29 is 0 Å². The Kier molecular flexibility index (Phi) is 3.16. The van der Waals surface area contributed by atoms with Gasteiger partial charge in [0.25, 0.3) is 0 Å². The van der Waals surface area contributed by atoms with Crippen LogP contribution in [0.25, 0.3) is 0 Å². The molecule has 1 aromatic heterocycles. The van der Waals surface area contributed by atoms with E-state index in [2.05, 4.69) is 57.2 Å². The predicted octanol–water partition coefficient (Wildman–Crippen LogP) is 2.65. The number of aromatic nitrogens is 3. The summed E-state index contributed by atoms with van der Waals surface area (Å²) in [6.45, 7) is 2.91. The highest BCUT2D eigenvalue weighted by Gasteiger charge is 2.00. The molecule has 0 aliphatic carbocycles. The number of hydrogen-bond donors (Lipinski definition) is 0. The molecule has 0 fully saturated rings. The van der Waals surface area contributed by atoms with Gasteiger partial charge in [-0.25, -0.2) is 9.67 Å². The molecule has 0 aliphatic heterocycles. The summed E-state index contributed by atoms with van der Waals surface area (Å²) in [6.07, 6.45) is 2.62.